The lowest BCUT2D eigenvalue weighted by Gasteiger charge is -2.22. The number of carboxylic acids is 1. The number of rotatable bonds is 9. The molecule has 0 fully saturated rings. The van der Waals surface area contributed by atoms with Crippen LogP contribution in [-0.4, -0.2) is 30.3 Å². The van der Waals surface area contributed by atoms with Crippen LogP contribution >= 0.6 is 11.6 Å². The lowest BCUT2D eigenvalue weighted by molar-refractivity contribution is 0.0697. The molecule has 156 valence electrons. The van der Waals surface area contributed by atoms with Crippen LogP contribution in [-0.2, 0) is 23.0 Å². The number of carboxylic acid groups (broad SMARTS) is 1. The first-order valence-electron chi connectivity index (χ1n) is 9.48. The summed E-state index contributed by atoms with van der Waals surface area (Å²) in [6.07, 6.45) is 1.41. The maximum atomic E-state index is 13.3. The van der Waals surface area contributed by atoms with Crippen molar-refractivity contribution in [2.75, 3.05) is 6.54 Å². The van der Waals surface area contributed by atoms with Crippen molar-refractivity contribution in [2.24, 2.45) is 0 Å². The van der Waals surface area contributed by atoms with Crippen LogP contribution in [0.2, 0.25) is 5.02 Å². The van der Waals surface area contributed by atoms with Crippen LogP contribution in [0, 0.1) is 0 Å². The summed E-state index contributed by atoms with van der Waals surface area (Å²) in [6, 6.07) is 22.2. The highest BCUT2D eigenvalue weighted by Gasteiger charge is 2.24. The molecule has 5 nitrogen and oxygen atoms in total. The molecule has 0 unspecified atom stereocenters. The van der Waals surface area contributed by atoms with Gasteiger partial charge in [-0.3, -0.25) is 0 Å². The molecule has 7 heteroatoms. The molecular weight excluding hydrogens is 422 g/mol. The summed E-state index contributed by atoms with van der Waals surface area (Å²) in [4.78, 5) is 11.2. The number of halogens is 1. The van der Waals surface area contributed by atoms with Crippen molar-refractivity contribution < 1.29 is 18.3 Å². The van der Waals surface area contributed by atoms with E-state index in [1.165, 1.54) is 28.6 Å². The zero-order valence-electron chi connectivity index (χ0n) is 16.2. The molecule has 1 N–H and O–H groups in total. The quantitative estimate of drug-likeness (QED) is 0.512. The molecule has 0 bridgehead atoms. The topological polar surface area (TPSA) is 74.7 Å². The molecule has 3 aromatic rings. The second-order valence-electron chi connectivity index (χ2n) is 6.88. The number of nitrogens with zero attached hydrogens (tertiary/aromatic N) is 1. The van der Waals surface area contributed by atoms with Gasteiger partial charge in [-0.1, -0.05) is 54.1 Å². The zero-order valence-corrected chi connectivity index (χ0v) is 17.8. The van der Waals surface area contributed by atoms with Crippen LogP contribution in [0.25, 0.3) is 0 Å². The highest BCUT2D eigenvalue weighted by atomic mass is 35.5. The number of aryl methyl sites for hydroxylation is 1. The van der Waals surface area contributed by atoms with Gasteiger partial charge in [0.05, 0.1) is 10.5 Å². The smallest absolute Gasteiger partial charge is 0.335 e. The predicted molar refractivity (Wildman–Crippen MR) is 117 cm³/mol. The third-order valence-electron chi connectivity index (χ3n) is 4.73. The second kappa shape index (κ2) is 9.89. The van der Waals surface area contributed by atoms with Gasteiger partial charge in [-0.2, -0.15) is 4.31 Å². The van der Waals surface area contributed by atoms with E-state index < -0.39 is 16.0 Å². The molecule has 0 aliphatic carbocycles. The van der Waals surface area contributed by atoms with Gasteiger partial charge in [0.15, 0.2) is 0 Å². The van der Waals surface area contributed by atoms with Crippen molar-refractivity contribution in [3.63, 3.8) is 0 Å². The van der Waals surface area contributed by atoms with E-state index in [1.54, 1.807) is 24.3 Å². The van der Waals surface area contributed by atoms with Gasteiger partial charge in [0.25, 0.3) is 0 Å². The Balaban J connectivity index is 1.81. The molecular formula is C23H22ClNO4S. The number of aromatic carboxylic acids is 1. The summed E-state index contributed by atoms with van der Waals surface area (Å²) in [6.45, 7) is 0.486. The Morgan fingerprint density at radius 3 is 2.10 bits per heavy atom. The Morgan fingerprint density at radius 1 is 0.867 bits per heavy atom. The minimum atomic E-state index is -3.74. The van der Waals surface area contributed by atoms with E-state index in [9.17, 15) is 13.2 Å². The molecule has 0 saturated heterocycles. The fraction of sp³-hybridized carbons (Fsp3) is 0.174. The van der Waals surface area contributed by atoms with Crippen LogP contribution in [0.5, 0.6) is 0 Å². The maximum Gasteiger partial charge on any atom is 0.335 e. The molecule has 3 rings (SSSR count). The fourth-order valence-electron chi connectivity index (χ4n) is 3.10. The standard InChI is InChI=1S/C23H22ClNO4S/c24-21-12-14-22(15-13-21)30(28,29)25(16-4-7-18-5-2-1-3-6-18)17-19-8-10-20(11-9-19)23(26)27/h1-3,5-6,8-15H,4,7,16-17H2,(H,26,27). The summed E-state index contributed by atoms with van der Waals surface area (Å²) in [7, 11) is -3.74. The monoisotopic (exact) mass is 443 g/mol. The van der Waals surface area contributed by atoms with E-state index in [-0.39, 0.29) is 17.0 Å². The first-order chi connectivity index (χ1) is 14.4. The Labute approximate surface area is 181 Å². The van der Waals surface area contributed by atoms with Crippen molar-refractivity contribution in [2.45, 2.75) is 24.3 Å². The van der Waals surface area contributed by atoms with Crippen molar-refractivity contribution in [3.05, 3.63) is 101 Å². The van der Waals surface area contributed by atoms with Crippen molar-refractivity contribution in [1.29, 1.82) is 0 Å². The summed E-state index contributed by atoms with van der Waals surface area (Å²) >= 11 is 5.91. The van der Waals surface area contributed by atoms with Gasteiger partial charge in [-0.05, 0) is 60.4 Å². The first kappa shape index (κ1) is 22.0. The molecule has 0 aliphatic rings. The zero-order chi connectivity index (χ0) is 21.6. The van der Waals surface area contributed by atoms with E-state index in [1.807, 2.05) is 30.3 Å². The molecule has 0 aromatic heterocycles. The highest BCUT2D eigenvalue weighted by Crippen LogP contribution is 2.21. The number of sulfonamides is 1. The lowest BCUT2D eigenvalue weighted by atomic mass is 10.1. The minimum absolute atomic E-state index is 0.152. The molecule has 0 heterocycles. The van der Waals surface area contributed by atoms with Crippen LogP contribution in [0.1, 0.15) is 27.9 Å². The van der Waals surface area contributed by atoms with Gasteiger partial charge < -0.3 is 5.11 Å². The van der Waals surface area contributed by atoms with Crippen molar-refractivity contribution >= 4 is 27.6 Å². The van der Waals surface area contributed by atoms with Crippen LogP contribution in [0.4, 0.5) is 0 Å². The van der Waals surface area contributed by atoms with E-state index in [2.05, 4.69) is 0 Å². The van der Waals surface area contributed by atoms with E-state index in [0.29, 0.717) is 18.0 Å². The molecule has 3 aromatic carbocycles. The fourth-order valence-corrected chi connectivity index (χ4v) is 4.69. The molecule has 30 heavy (non-hydrogen) atoms. The van der Waals surface area contributed by atoms with Crippen molar-refractivity contribution in [1.82, 2.24) is 4.31 Å². The summed E-state index contributed by atoms with van der Waals surface area (Å²) in [5.74, 6) is -1.02. The summed E-state index contributed by atoms with van der Waals surface area (Å²) in [5.41, 5.74) is 2.03. The van der Waals surface area contributed by atoms with Gasteiger partial charge in [-0.25, -0.2) is 13.2 Å². The van der Waals surface area contributed by atoms with Crippen LogP contribution in [0.3, 0.4) is 0 Å². The Morgan fingerprint density at radius 2 is 1.50 bits per heavy atom. The normalized spacial score (nSPS) is 11.5. The van der Waals surface area contributed by atoms with Gasteiger partial charge in [0, 0.05) is 18.1 Å². The molecule has 0 spiro atoms. The Bertz CT molecular complexity index is 1080. The maximum absolute atomic E-state index is 13.3. The van der Waals surface area contributed by atoms with E-state index in [0.717, 1.165) is 17.5 Å². The minimum Gasteiger partial charge on any atom is -0.478 e. The molecule has 0 aliphatic heterocycles. The SMILES string of the molecule is O=C(O)c1ccc(CN(CCCc2ccccc2)S(=O)(=O)c2ccc(Cl)cc2)cc1. The average molecular weight is 444 g/mol. The third-order valence-corrected chi connectivity index (χ3v) is 6.84. The van der Waals surface area contributed by atoms with Crippen LogP contribution in [0.15, 0.2) is 83.8 Å². The second-order valence-corrected chi connectivity index (χ2v) is 9.26. The van der Waals surface area contributed by atoms with Crippen molar-refractivity contribution in [3.8, 4) is 0 Å². The average Bonchev–Trinajstić information content (AvgIpc) is 2.74. The largest absolute Gasteiger partial charge is 0.478 e. The summed E-state index contributed by atoms with van der Waals surface area (Å²) < 4.78 is 27.9. The van der Waals surface area contributed by atoms with E-state index >= 15 is 0 Å². The van der Waals surface area contributed by atoms with Gasteiger partial charge in [0.1, 0.15) is 0 Å². The number of carbonyl (C=O) groups is 1. The molecule has 0 radical (unpaired) electrons. The molecule has 0 saturated carbocycles. The van der Waals surface area contributed by atoms with Crippen LogP contribution < -0.4 is 0 Å². The van der Waals surface area contributed by atoms with Gasteiger partial charge in [0.2, 0.25) is 10.0 Å². The molecule has 0 atom stereocenters. The van der Waals surface area contributed by atoms with E-state index in [4.69, 9.17) is 16.7 Å². The summed E-state index contributed by atoms with van der Waals surface area (Å²) in [5, 5.41) is 9.53. The third kappa shape index (κ3) is 5.69. The Hall–Kier alpha value is -2.67. The first-order valence-corrected chi connectivity index (χ1v) is 11.3. The predicted octanol–water partition coefficient (Wildman–Crippen LogP) is 4.86. The van der Waals surface area contributed by atoms with Gasteiger partial charge in [-0.15, -0.1) is 0 Å². The number of hydrogen-bond acceptors (Lipinski definition) is 3. The lowest BCUT2D eigenvalue weighted by Crippen LogP contribution is -2.32. The van der Waals surface area contributed by atoms with Gasteiger partial charge >= 0.3 is 5.97 Å². The number of hydrogen-bond donors (Lipinski definition) is 1. The Kier molecular flexibility index (Phi) is 7.26. The highest BCUT2D eigenvalue weighted by molar-refractivity contribution is 7.89. The number of benzene rings is 3. The molecule has 0 amide bonds.